The number of hydrogen-bond acceptors (Lipinski definition) is 6. The summed E-state index contributed by atoms with van der Waals surface area (Å²) in [4.78, 5) is 30.6. The molecule has 0 saturated carbocycles. The standard InChI is InChI=1S/C24H27N3O5/c1-14(27-10-9-15-11-19(30-2)20(31-3)12-16(15)13-27)23(28)26-21-17-7-5-6-8-18(17)25-22(21)24(29)32-4/h5-8,11-12,14,25H,9-10,13H2,1-4H3,(H,26,28)/t14-/m1/s1. The minimum absolute atomic E-state index is 0.191. The van der Waals surface area contributed by atoms with E-state index in [0.29, 0.717) is 23.7 Å². The lowest BCUT2D eigenvalue weighted by molar-refractivity contribution is -0.121. The number of nitrogens with one attached hydrogen (secondary N) is 2. The number of methoxy groups -OCH3 is 3. The van der Waals surface area contributed by atoms with E-state index in [2.05, 4.69) is 15.2 Å². The van der Waals surface area contributed by atoms with Gasteiger partial charge in [-0.05, 0) is 42.7 Å². The van der Waals surface area contributed by atoms with Gasteiger partial charge in [-0.1, -0.05) is 18.2 Å². The zero-order valence-electron chi connectivity index (χ0n) is 18.7. The van der Waals surface area contributed by atoms with Gasteiger partial charge in [0.05, 0.1) is 33.1 Å². The zero-order valence-corrected chi connectivity index (χ0v) is 18.7. The Morgan fingerprint density at radius 3 is 2.44 bits per heavy atom. The fraction of sp³-hybridized carbons (Fsp3) is 0.333. The molecule has 8 heteroatoms. The maximum absolute atomic E-state index is 13.2. The van der Waals surface area contributed by atoms with E-state index in [1.807, 2.05) is 43.3 Å². The third-order valence-electron chi connectivity index (χ3n) is 6.02. The summed E-state index contributed by atoms with van der Waals surface area (Å²) in [6.45, 7) is 3.21. The first-order chi connectivity index (χ1) is 15.5. The number of para-hydroxylation sites is 1. The molecule has 1 aliphatic heterocycles. The molecule has 1 aromatic heterocycles. The van der Waals surface area contributed by atoms with Crippen LogP contribution in [0.2, 0.25) is 0 Å². The third-order valence-corrected chi connectivity index (χ3v) is 6.02. The average molecular weight is 437 g/mol. The minimum Gasteiger partial charge on any atom is -0.493 e. The number of carbonyl (C=O) groups excluding carboxylic acids is 2. The molecule has 1 atom stereocenters. The van der Waals surface area contributed by atoms with Crippen LogP contribution in [0.15, 0.2) is 36.4 Å². The van der Waals surface area contributed by atoms with E-state index in [1.54, 1.807) is 14.2 Å². The van der Waals surface area contributed by atoms with Gasteiger partial charge in [-0.25, -0.2) is 4.79 Å². The maximum atomic E-state index is 13.2. The first-order valence-electron chi connectivity index (χ1n) is 10.4. The molecule has 0 bridgehead atoms. The molecule has 3 aromatic rings. The summed E-state index contributed by atoms with van der Waals surface area (Å²) >= 11 is 0. The highest BCUT2D eigenvalue weighted by Gasteiger charge is 2.28. The molecule has 2 N–H and O–H groups in total. The van der Waals surface area contributed by atoms with E-state index < -0.39 is 12.0 Å². The van der Waals surface area contributed by atoms with Crippen molar-refractivity contribution in [1.82, 2.24) is 9.88 Å². The number of H-pyrrole nitrogens is 1. The molecule has 0 unspecified atom stereocenters. The van der Waals surface area contributed by atoms with Gasteiger partial charge in [0.15, 0.2) is 11.5 Å². The Morgan fingerprint density at radius 1 is 1.06 bits per heavy atom. The average Bonchev–Trinajstić information content (AvgIpc) is 3.19. The number of aromatic amines is 1. The van der Waals surface area contributed by atoms with Crippen LogP contribution in [0.25, 0.3) is 10.9 Å². The first kappa shape index (κ1) is 21.7. The molecule has 0 spiro atoms. The summed E-state index contributed by atoms with van der Waals surface area (Å²) in [7, 11) is 4.55. The number of nitrogens with zero attached hydrogens (tertiary/aromatic N) is 1. The van der Waals surface area contributed by atoms with Gasteiger partial charge in [0.25, 0.3) is 0 Å². The van der Waals surface area contributed by atoms with Crippen molar-refractivity contribution in [2.24, 2.45) is 0 Å². The summed E-state index contributed by atoms with van der Waals surface area (Å²) in [5, 5.41) is 3.71. The molecular weight excluding hydrogens is 410 g/mol. The van der Waals surface area contributed by atoms with Crippen molar-refractivity contribution in [3.63, 3.8) is 0 Å². The van der Waals surface area contributed by atoms with Crippen LogP contribution in [0.3, 0.4) is 0 Å². The Morgan fingerprint density at radius 2 is 1.75 bits per heavy atom. The van der Waals surface area contributed by atoms with E-state index in [9.17, 15) is 9.59 Å². The number of fused-ring (bicyclic) bond motifs is 2. The van der Waals surface area contributed by atoms with Gasteiger partial charge in [0.1, 0.15) is 5.69 Å². The van der Waals surface area contributed by atoms with Gasteiger partial charge in [-0.15, -0.1) is 0 Å². The molecule has 32 heavy (non-hydrogen) atoms. The Balaban J connectivity index is 1.56. The third kappa shape index (κ3) is 3.89. The van der Waals surface area contributed by atoms with Crippen molar-refractivity contribution in [1.29, 1.82) is 0 Å². The molecule has 0 fully saturated rings. The van der Waals surface area contributed by atoms with E-state index in [0.717, 1.165) is 29.4 Å². The maximum Gasteiger partial charge on any atom is 0.356 e. The van der Waals surface area contributed by atoms with Crippen LogP contribution in [0.5, 0.6) is 11.5 Å². The molecule has 0 radical (unpaired) electrons. The van der Waals surface area contributed by atoms with Crippen molar-refractivity contribution in [3.05, 3.63) is 53.2 Å². The van der Waals surface area contributed by atoms with Crippen LogP contribution in [0.1, 0.15) is 28.5 Å². The number of aromatic nitrogens is 1. The predicted octanol–water partition coefficient (Wildman–Crippen LogP) is 3.36. The van der Waals surface area contributed by atoms with E-state index in [1.165, 1.54) is 12.7 Å². The predicted molar refractivity (Wildman–Crippen MR) is 121 cm³/mol. The summed E-state index contributed by atoms with van der Waals surface area (Å²) in [6, 6.07) is 11.0. The van der Waals surface area contributed by atoms with Crippen LogP contribution < -0.4 is 14.8 Å². The number of anilines is 1. The molecule has 4 rings (SSSR count). The lowest BCUT2D eigenvalue weighted by atomic mass is 9.97. The van der Waals surface area contributed by atoms with Crippen molar-refractivity contribution < 1.29 is 23.8 Å². The molecule has 2 heterocycles. The number of benzene rings is 2. The molecule has 0 aliphatic carbocycles. The zero-order chi connectivity index (χ0) is 22.8. The van der Waals surface area contributed by atoms with Crippen molar-refractivity contribution in [2.45, 2.75) is 25.9 Å². The number of carbonyl (C=O) groups is 2. The second kappa shape index (κ2) is 8.92. The van der Waals surface area contributed by atoms with Crippen LogP contribution >= 0.6 is 0 Å². The Hall–Kier alpha value is -3.52. The van der Waals surface area contributed by atoms with Crippen molar-refractivity contribution in [3.8, 4) is 11.5 Å². The molecule has 168 valence electrons. The highest BCUT2D eigenvalue weighted by Crippen LogP contribution is 2.34. The van der Waals surface area contributed by atoms with Gasteiger partial charge < -0.3 is 24.5 Å². The summed E-state index contributed by atoms with van der Waals surface area (Å²) < 4.78 is 15.7. The molecule has 1 aliphatic rings. The van der Waals surface area contributed by atoms with Gasteiger partial charge in [-0.3, -0.25) is 9.69 Å². The van der Waals surface area contributed by atoms with Crippen LogP contribution in [0, 0.1) is 0 Å². The van der Waals surface area contributed by atoms with E-state index >= 15 is 0 Å². The van der Waals surface area contributed by atoms with Gasteiger partial charge in [0, 0.05) is 24.0 Å². The fourth-order valence-corrected chi connectivity index (χ4v) is 4.16. The highest BCUT2D eigenvalue weighted by molar-refractivity contribution is 6.11. The topological polar surface area (TPSA) is 92.9 Å². The van der Waals surface area contributed by atoms with Crippen LogP contribution in [-0.4, -0.2) is 55.7 Å². The first-order valence-corrected chi connectivity index (χ1v) is 10.4. The minimum atomic E-state index is -0.530. The normalized spacial score (nSPS) is 14.5. The van der Waals surface area contributed by atoms with Gasteiger partial charge in [-0.2, -0.15) is 0 Å². The van der Waals surface area contributed by atoms with Crippen molar-refractivity contribution >= 4 is 28.5 Å². The van der Waals surface area contributed by atoms with E-state index in [-0.39, 0.29) is 11.6 Å². The second-order valence-corrected chi connectivity index (χ2v) is 7.77. The highest BCUT2D eigenvalue weighted by atomic mass is 16.5. The smallest absolute Gasteiger partial charge is 0.356 e. The Bertz CT molecular complexity index is 1170. The second-order valence-electron chi connectivity index (χ2n) is 7.77. The van der Waals surface area contributed by atoms with Crippen LogP contribution in [-0.2, 0) is 22.5 Å². The summed E-state index contributed by atoms with van der Waals surface area (Å²) in [5.41, 5.74) is 3.72. The van der Waals surface area contributed by atoms with Gasteiger partial charge >= 0.3 is 5.97 Å². The lowest BCUT2D eigenvalue weighted by Gasteiger charge is -2.33. The van der Waals surface area contributed by atoms with E-state index in [4.69, 9.17) is 14.2 Å². The lowest BCUT2D eigenvalue weighted by Crippen LogP contribution is -2.44. The van der Waals surface area contributed by atoms with Gasteiger partial charge in [0.2, 0.25) is 5.91 Å². The SMILES string of the molecule is COC(=O)c1[nH]c2ccccc2c1NC(=O)[C@@H](C)N1CCc2cc(OC)c(OC)cc2C1. The molecular formula is C24H27N3O5. The molecule has 2 aromatic carbocycles. The monoisotopic (exact) mass is 437 g/mol. The molecule has 8 nitrogen and oxygen atoms in total. The largest absolute Gasteiger partial charge is 0.493 e. The quantitative estimate of drug-likeness (QED) is 0.575. The Kier molecular flexibility index (Phi) is 6.05. The number of amides is 1. The fourth-order valence-electron chi connectivity index (χ4n) is 4.16. The number of hydrogen-bond donors (Lipinski definition) is 2. The molecule has 0 saturated heterocycles. The number of esters is 1. The number of rotatable bonds is 6. The Labute approximate surface area is 186 Å². The van der Waals surface area contributed by atoms with Crippen molar-refractivity contribution in [2.75, 3.05) is 33.2 Å². The summed E-state index contributed by atoms with van der Waals surface area (Å²) in [6.07, 6.45) is 0.799. The number of ether oxygens (including phenoxy) is 3. The summed E-state index contributed by atoms with van der Waals surface area (Å²) in [5.74, 6) is 0.660. The van der Waals surface area contributed by atoms with Crippen LogP contribution in [0.4, 0.5) is 5.69 Å². The molecule has 1 amide bonds.